The van der Waals surface area contributed by atoms with Gasteiger partial charge in [-0.2, -0.15) is 0 Å². The van der Waals surface area contributed by atoms with Crippen molar-refractivity contribution in [1.29, 1.82) is 0 Å². The maximum Gasteiger partial charge on any atom is 0.247 e. The van der Waals surface area contributed by atoms with Crippen molar-refractivity contribution in [1.82, 2.24) is 0 Å². The molecule has 2 nitrogen and oxygen atoms in total. The van der Waals surface area contributed by atoms with Crippen LogP contribution in [0.25, 0.3) is 32.3 Å². The van der Waals surface area contributed by atoms with Crippen LogP contribution in [0, 0.1) is 0 Å². The smallest absolute Gasteiger partial charge is 0.247 e. The molecule has 0 saturated heterocycles. The minimum absolute atomic E-state index is 0.0505. The molecule has 0 aromatic heterocycles. The summed E-state index contributed by atoms with van der Waals surface area (Å²) < 4.78 is 0. The second kappa shape index (κ2) is 14.3. The summed E-state index contributed by atoms with van der Waals surface area (Å²) in [5, 5.41) is 8.22. The summed E-state index contributed by atoms with van der Waals surface area (Å²) in [5.41, 5.74) is 18.2. The van der Waals surface area contributed by atoms with Crippen LogP contribution in [-0.4, -0.2) is 13.4 Å². The summed E-state index contributed by atoms with van der Waals surface area (Å²) in [6, 6.07) is 73.1. The van der Waals surface area contributed by atoms with E-state index in [1.54, 1.807) is 0 Å². The van der Waals surface area contributed by atoms with Gasteiger partial charge in [0.05, 0.1) is 0 Å². The summed E-state index contributed by atoms with van der Waals surface area (Å²) in [4.78, 5) is 4.92. The zero-order valence-electron chi connectivity index (χ0n) is 35.7. The Morgan fingerprint density at radius 2 is 0.597 bits per heavy atom. The molecule has 12 rings (SSSR count). The quantitative estimate of drug-likeness (QED) is 0.122. The Labute approximate surface area is 365 Å². The molecule has 0 radical (unpaired) electrons. The number of nitrogens with zero attached hydrogens (tertiary/aromatic N) is 2. The van der Waals surface area contributed by atoms with Crippen LogP contribution in [0.1, 0.15) is 50.7 Å². The Kier molecular flexibility index (Phi) is 8.47. The molecule has 0 spiro atoms. The normalized spacial score (nSPS) is 13.3. The third-order valence-electron chi connectivity index (χ3n) is 13.9. The van der Waals surface area contributed by atoms with Crippen LogP contribution < -0.4 is 42.6 Å². The molecule has 0 amide bonds. The summed E-state index contributed by atoms with van der Waals surface area (Å²) in [6.45, 7) is 9.58. The first kappa shape index (κ1) is 36.8. The first-order valence-electron chi connectivity index (χ1n) is 22.3. The lowest BCUT2D eigenvalue weighted by atomic mass is 9.34. The fourth-order valence-electron chi connectivity index (χ4n) is 11.3. The molecule has 2 aliphatic heterocycles. The Morgan fingerprint density at radius 1 is 0.306 bits per heavy atom. The van der Waals surface area contributed by atoms with Crippen molar-refractivity contribution < 1.29 is 0 Å². The number of hydrogen-bond donors (Lipinski definition) is 0. The maximum absolute atomic E-state index is 2.57. The van der Waals surface area contributed by atoms with E-state index in [1.165, 1.54) is 110 Å². The Hall–Kier alpha value is -7.03. The highest BCUT2D eigenvalue weighted by Crippen LogP contribution is 2.43. The lowest BCUT2D eigenvalue weighted by Gasteiger charge is -2.38. The van der Waals surface area contributed by atoms with E-state index >= 15 is 0 Å². The van der Waals surface area contributed by atoms with Crippen LogP contribution in [0.5, 0.6) is 0 Å². The molecule has 62 heavy (non-hydrogen) atoms. The van der Waals surface area contributed by atoms with E-state index in [0.717, 1.165) is 0 Å². The number of benzene rings is 10. The second-order valence-corrected chi connectivity index (χ2v) is 17.9. The third-order valence-corrected chi connectivity index (χ3v) is 13.9. The molecule has 0 fully saturated rings. The molecule has 4 heteroatoms. The minimum Gasteiger partial charge on any atom is -0.312 e. The van der Waals surface area contributed by atoms with E-state index in [4.69, 9.17) is 0 Å². The summed E-state index contributed by atoms with van der Waals surface area (Å²) in [5.74, 6) is 0.664. The van der Waals surface area contributed by atoms with Crippen molar-refractivity contribution in [2.24, 2.45) is 0 Å². The van der Waals surface area contributed by atoms with Crippen LogP contribution in [-0.2, 0) is 0 Å². The van der Waals surface area contributed by atoms with Gasteiger partial charge in [-0.15, -0.1) is 0 Å². The molecular weight excluding hydrogens is 746 g/mol. The van der Waals surface area contributed by atoms with E-state index in [1.807, 2.05) is 0 Å². The Balaban J connectivity index is 1.16. The SMILES string of the molecule is CC(C)c1cc(B2c3ccccc3N(c3ccccc3)c3ccccc32)c2ccc3c(C(C)C)cc(B4c5ccccc5N(c5ccccc5)c5ccccc54)c4ccc1c2c43. The zero-order chi connectivity index (χ0) is 41.6. The van der Waals surface area contributed by atoms with E-state index < -0.39 is 0 Å². The summed E-state index contributed by atoms with van der Waals surface area (Å²) in [6.07, 6.45) is 0. The number of para-hydroxylation sites is 6. The van der Waals surface area contributed by atoms with E-state index in [0.29, 0.717) is 11.8 Å². The van der Waals surface area contributed by atoms with Crippen molar-refractivity contribution in [3.8, 4) is 0 Å². The topological polar surface area (TPSA) is 6.48 Å². The van der Waals surface area contributed by atoms with Gasteiger partial charge in [-0.1, -0.05) is 184 Å². The average Bonchev–Trinajstić information content (AvgIpc) is 3.32. The molecule has 294 valence electrons. The molecule has 0 atom stereocenters. The molecule has 10 aromatic carbocycles. The van der Waals surface area contributed by atoms with Crippen LogP contribution >= 0.6 is 0 Å². The van der Waals surface area contributed by atoms with Gasteiger partial charge in [0, 0.05) is 34.1 Å². The van der Waals surface area contributed by atoms with Crippen molar-refractivity contribution in [3.63, 3.8) is 0 Å². The Morgan fingerprint density at radius 3 is 0.919 bits per heavy atom. The predicted octanol–water partition coefficient (Wildman–Crippen LogP) is 11.4. The van der Waals surface area contributed by atoms with E-state index in [2.05, 4.69) is 232 Å². The predicted molar refractivity (Wildman–Crippen MR) is 270 cm³/mol. The fraction of sp³-hybridized carbons (Fsp3) is 0.103. The molecule has 0 aliphatic carbocycles. The first-order valence-corrected chi connectivity index (χ1v) is 22.3. The molecule has 0 N–H and O–H groups in total. The molecule has 2 aliphatic rings. The molecule has 0 saturated carbocycles. The second-order valence-electron chi connectivity index (χ2n) is 17.9. The molecular formula is C58H46B2N2. The summed E-state index contributed by atoms with van der Waals surface area (Å²) in [7, 11) is 0. The van der Waals surface area contributed by atoms with Crippen molar-refractivity contribution >= 4 is 113 Å². The fourth-order valence-corrected chi connectivity index (χ4v) is 11.3. The van der Waals surface area contributed by atoms with Gasteiger partial charge in [0.15, 0.2) is 0 Å². The maximum atomic E-state index is 2.57. The monoisotopic (exact) mass is 792 g/mol. The number of rotatable bonds is 6. The van der Waals surface area contributed by atoms with Gasteiger partial charge < -0.3 is 9.80 Å². The number of anilines is 6. The van der Waals surface area contributed by atoms with Gasteiger partial charge in [-0.3, -0.25) is 0 Å². The highest BCUT2D eigenvalue weighted by Gasteiger charge is 2.39. The average molecular weight is 793 g/mol. The van der Waals surface area contributed by atoms with Gasteiger partial charge in [0.1, 0.15) is 0 Å². The molecule has 2 heterocycles. The van der Waals surface area contributed by atoms with Crippen molar-refractivity contribution in [3.05, 3.63) is 205 Å². The molecule has 10 aromatic rings. The van der Waals surface area contributed by atoms with Gasteiger partial charge >= 0.3 is 0 Å². The minimum atomic E-state index is 0.0505. The summed E-state index contributed by atoms with van der Waals surface area (Å²) >= 11 is 0. The molecule has 0 unspecified atom stereocenters. The largest absolute Gasteiger partial charge is 0.312 e. The van der Waals surface area contributed by atoms with Gasteiger partial charge in [0.2, 0.25) is 13.4 Å². The first-order chi connectivity index (χ1) is 30.5. The van der Waals surface area contributed by atoms with Gasteiger partial charge in [0.25, 0.3) is 0 Å². The van der Waals surface area contributed by atoms with Gasteiger partial charge in [-0.25, -0.2) is 0 Å². The van der Waals surface area contributed by atoms with Crippen LogP contribution in [0.15, 0.2) is 194 Å². The number of fused-ring (bicyclic) bond motifs is 4. The van der Waals surface area contributed by atoms with Crippen molar-refractivity contribution in [2.45, 2.75) is 39.5 Å². The van der Waals surface area contributed by atoms with Crippen molar-refractivity contribution in [2.75, 3.05) is 9.80 Å². The van der Waals surface area contributed by atoms with Crippen LogP contribution in [0.4, 0.5) is 34.1 Å². The highest BCUT2D eigenvalue weighted by atomic mass is 15.2. The van der Waals surface area contributed by atoms with E-state index in [9.17, 15) is 0 Å². The standard InChI is InChI=1S/C58H46B2N2/c1-37(2)45-35-51(59-47-23-11-15-27-53(47)61(39-19-7-5-8-20-39)54-28-16-12-24-48(54)59)43-34-32-42-46(38(3)4)36-52(44-33-31-41(45)57(43)58(42)44)60-49-25-13-17-29-55(49)62(40-21-9-6-10-22-40)56-30-18-14-26-50(56)60/h5-38H,1-4H3. The van der Waals surface area contributed by atoms with Gasteiger partial charge in [-0.05, 0) is 126 Å². The van der Waals surface area contributed by atoms with Crippen LogP contribution in [0.2, 0.25) is 0 Å². The third kappa shape index (κ3) is 5.39. The zero-order valence-corrected chi connectivity index (χ0v) is 35.7. The lowest BCUT2D eigenvalue weighted by Crippen LogP contribution is -2.57. The lowest BCUT2D eigenvalue weighted by molar-refractivity contribution is 0.877. The van der Waals surface area contributed by atoms with E-state index in [-0.39, 0.29) is 13.4 Å². The number of hydrogen-bond acceptors (Lipinski definition) is 2. The highest BCUT2D eigenvalue weighted by molar-refractivity contribution is 7.00. The molecule has 0 bridgehead atoms. The Bertz CT molecular complexity index is 3020. The van der Waals surface area contributed by atoms with Crippen LogP contribution in [0.3, 0.4) is 0 Å².